The smallest absolute Gasteiger partial charge is 0.354 e. The molecule has 0 aliphatic rings. The van der Waals surface area contributed by atoms with Gasteiger partial charge in [-0.3, -0.25) is 9.59 Å². The van der Waals surface area contributed by atoms with Crippen LogP contribution in [0.5, 0.6) is 5.75 Å². The number of carbonyl (C=O) groups is 3. The Morgan fingerprint density at radius 2 is 1.94 bits per heavy atom. The second-order valence-corrected chi connectivity index (χ2v) is 8.24. The number of rotatable bonds is 7. The first kappa shape index (κ1) is 23.2. The monoisotopic (exact) mass is 514 g/mol. The van der Waals surface area contributed by atoms with Crippen molar-refractivity contribution in [1.29, 1.82) is 0 Å². The molecule has 0 fully saturated rings. The number of phenolic OH excluding ortho intramolecular Hbond substituents is 1. The normalized spacial score (nSPS) is 11.0. The second kappa shape index (κ2) is 10.7. The van der Waals surface area contributed by atoms with E-state index in [1.807, 2.05) is 10.8 Å². The first-order valence-corrected chi connectivity index (χ1v) is 11.1. The lowest BCUT2D eigenvalue weighted by molar-refractivity contribution is -0.136. The summed E-state index contributed by atoms with van der Waals surface area (Å²) in [7, 11) is 1.23. The minimum absolute atomic E-state index is 0.00395. The molecule has 2 amide bonds. The highest BCUT2D eigenvalue weighted by atomic mass is 79.9. The van der Waals surface area contributed by atoms with Gasteiger partial charge in [0.15, 0.2) is 0 Å². The lowest BCUT2D eigenvalue weighted by Gasteiger charge is -2.11. The number of hydrogen-bond donors (Lipinski definition) is 3. The Kier molecular flexibility index (Phi) is 7.80. The van der Waals surface area contributed by atoms with Crippen LogP contribution in [0.2, 0.25) is 0 Å². The van der Waals surface area contributed by atoms with Crippen LogP contribution in [0.4, 0.5) is 0 Å². The maximum absolute atomic E-state index is 12.7. The number of thiophene rings is 1. The second-order valence-electron chi connectivity index (χ2n) is 6.61. The molecule has 0 aliphatic heterocycles. The van der Waals surface area contributed by atoms with Crippen LogP contribution in [0.1, 0.15) is 31.8 Å². The molecule has 0 aliphatic carbocycles. The minimum atomic E-state index is -0.677. The van der Waals surface area contributed by atoms with Gasteiger partial charge in [-0.05, 0) is 80.3 Å². The van der Waals surface area contributed by atoms with Crippen molar-refractivity contribution in [3.8, 4) is 5.75 Å². The molecule has 7 nitrogen and oxygen atoms in total. The predicted octanol–water partition coefficient (Wildman–Crippen LogP) is 4.09. The van der Waals surface area contributed by atoms with Crippen LogP contribution < -0.4 is 10.6 Å². The Morgan fingerprint density at radius 3 is 2.59 bits per heavy atom. The van der Waals surface area contributed by atoms with Gasteiger partial charge in [-0.15, -0.1) is 0 Å². The number of ether oxygens (including phenoxy) is 1. The summed E-state index contributed by atoms with van der Waals surface area (Å²) < 4.78 is 5.14. The van der Waals surface area contributed by atoms with Crippen LogP contribution in [0.25, 0.3) is 6.08 Å². The van der Waals surface area contributed by atoms with Crippen molar-refractivity contribution < 1.29 is 24.2 Å². The van der Waals surface area contributed by atoms with E-state index in [2.05, 4.69) is 26.6 Å². The van der Waals surface area contributed by atoms with Gasteiger partial charge < -0.3 is 20.5 Å². The van der Waals surface area contributed by atoms with Crippen molar-refractivity contribution in [2.75, 3.05) is 7.11 Å². The number of hydrogen-bond acceptors (Lipinski definition) is 6. The van der Waals surface area contributed by atoms with Crippen molar-refractivity contribution in [1.82, 2.24) is 10.6 Å². The Morgan fingerprint density at radius 1 is 1.12 bits per heavy atom. The average molecular weight is 515 g/mol. The van der Waals surface area contributed by atoms with E-state index in [1.54, 1.807) is 30.3 Å². The molecule has 0 saturated heterocycles. The molecule has 0 atom stereocenters. The molecule has 0 saturated carbocycles. The molecule has 2 aromatic carbocycles. The number of carbonyl (C=O) groups excluding carboxylic acids is 3. The van der Waals surface area contributed by atoms with Gasteiger partial charge in [0.05, 0.1) is 12.7 Å². The Balaban J connectivity index is 1.71. The van der Waals surface area contributed by atoms with Gasteiger partial charge >= 0.3 is 5.97 Å². The number of benzene rings is 2. The summed E-state index contributed by atoms with van der Waals surface area (Å²) in [4.78, 5) is 37.3. The van der Waals surface area contributed by atoms with Gasteiger partial charge in [-0.25, -0.2) is 4.79 Å². The van der Waals surface area contributed by atoms with Gasteiger partial charge in [0.25, 0.3) is 11.8 Å². The molecule has 0 spiro atoms. The zero-order valence-corrected chi connectivity index (χ0v) is 19.3. The molecule has 164 valence electrons. The number of phenols is 1. The maximum Gasteiger partial charge on any atom is 0.354 e. The van der Waals surface area contributed by atoms with Gasteiger partial charge in [0.1, 0.15) is 11.4 Å². The van der Waals surface area contributed by atoms with E-state index < -0.39 is 11.9 Å². The summed E-state index contributed by atoms with van der Waals surface area (Å²) >= 11 is 4.78. The number of aromatic hydroxyl groups is 1. The maximum atomic E-state index is 12.7. The molecule has 3 N–H and O–H groups in total. The SMILES string of the molecule is COC(=O)/C(=C/c1ccsc1)NC(=O)c1ccc(C(=O)NCc2cccc(O)c2)cc1Br. The number of nitrogens with one attached hydrogen (secondary N) is 2. The summed E-state index contributed by atoms with van der Waals surface area (Å²) in [6.45, 7) is 0.239. The molecule has 3 rings (SSSR count). The fraction of sp³-hybridized carbons (Fsp3) is 0.0870. The van der Waals surface area contributed by atoms with Crippen molar-refractivity contribution >= 4 is 51.1 Å². The van der Waals surface area contributed by atoms with Crippen molar-refractivity contribution in [3.05, 3.63) is 91.7 Å². The van der Waals surface area contributed by atoms with E-state index in [9.17, 15) is 19.5 Å². The zero-order valence-electron chi connectivity index (χ0n) is 16.9. The fourth-order valence-corrected chi connectivity index (χ4v) is 3.94. The molecule has 3 aromatic rings. The number of halogens is 1. The average Bonchev–Trinajstić information content (AvgIpc) is 3.29. The molecule has 1 heterocycles. The highest BCUT2D eigenvalue weighted by molar-refractivity contribution is 9.10. The standard InChI is InChI=1S/C23H19BrN2O5S/c1-31-23(30)20(10-15-7-8-32-13-15)26-22(29)18-6-5-16(11-19(18)24)21(28)25-12-14-3-2-4-17(27)9-14/h2-11,13,27H,12H2,1H3,(H,25,28)(H,26,29)/b20-10-. The van der Waals surface area contributed by atoms with E-state index in [1.165, 1.54) is 42.7 Å². The highest BCUT2D eigenvalue weighted by Gasteiger charge is 2.18. The molecular weight excluding hydrogens is 496 g/mol. The van der Waals surface area contributed by atoms with Crippen LogP contribution in [0.15, 0.2) is 69.5 Å². The van der Waals surface area contributed by atoms with E-state index in [0.717, 1.165) is 11.1 Å². The van der Waals surface area contributed by atoms with Crippen LogP contribution in [0.3, 0.4) is 0 Å². The van der Waals surface area contributed by atoms with E-state index in [0.29, 0.717) is 10.0 Å². The van der Waals surface area contributed by atoms with Crippen molar-refractivity contribution in [3.63, 3.8) is 0 Å². The Bertz CT molecular complexity index is 1170. The van der Waals surface area contributed by atoms with Gasteiger partial charge in [-0.1, -0.05) is 12.1 Å². The fourth-order valence-electron chi connectivity index (χ4n) is 2.76. The van der Waals surface area contributed by atoms with E-state index >= 15 is 0 Å². The molecule has 0 radical (unpaired) electrons. The molecule has 0 unspecified atom stereocenters. The summed E-state index contributed by atoms with van der Waals surface area (Å²) in [6, 6.07) is 12.9. The predicted molar refractivity (Wildman–Crippen MR) is 125 cm³/mol. The van der Waals surface area contributed by atoms with E-state index in [-0.39, 0.29) is 29.5 Å². The summed E-state index contributed by atoms with van der Waals surface area (Å²) in [5, 5.41) is 18.5. The third-order valence-electron chi connectivity index (χ3n) is 4.35. The summed E-state index contributed by atoms with van der Waals surface area (Å²) in [5.74, 6) is -1.43. The number of amides is 2. The molecular formula is C23H19BrN2O5S. The first-order valence-electron chi connectivity index (χ1n) is 9.36. The van der Waals surface area contributed by atoms with Crippen LogP contribution >= 0.6 is 27.3 Å². The van der Waals surface area contributed by atoms with Gasteiger partial charge in [-0.2, -0.15) is 11.3 Å². The van der Waals surface area contributed by atoms with E-state index in [4.69, 9.17) is 4.74 Å². The Labute approximate surface area is 196 Å². The largest absolute Gasteiger partial charge is 0.508 e. The number of methoxy groups -OCH3 is 1. The first-order chi connectivity index (χ1) is 15.4. The summed E-state index contributed by atoms with van der Waals surface area (Å²) in [5.41, 5.74) is 2.09. The molecule has 1 aromatic heterocycles. The Hall–Kier alpha value is -3.43. The minimum Gasteiger partial charge on any atom is -0.508 e. The zero-order chi connectivity index (χ0) is 23.1. The lowest BCUT2D eigenvalue weighted by Crippen LogP contribution is -2.28. The van der Waals surface area contributed by atoms with Gasteiger partial charge in [0.2, 0.25) is 0 Å². The highest BCUT2D eigenvalue weighted by Crippen LogP contribution is 2.20. The van der Waals surface area contributed by atoms with Crippen LogP contribution in [0, 0.1) is 0 Å². The lowest BCUT2D eigenvalue weighted by atomic mass is 10.1. The third kappa shape index (κ3) is 6.05. The molecule has 0 bridgehead atoms. The molecule has 32 heavy (non-hydrogen) atoms. The van der Waals surface area contributed by atoms with Crippen molar-refractivity contribution in [2.45, 2.75) is 6.54 Å². The van der Waals surface area contributed by atoms with Crippen LogP contribution in [-0.2, 0) is 16.1 Å². The van der Waals surface area contributed by atoms with Crippen LogP contribution in [-0.4, -0.2) is 30.0 Å². The quantitative estimate of drug-likeness (QED) is 0.325. The van der Waals surface area contributed by atoms with Gasteiger partial charge in [0, 0.05) is 16.6 Å². The van der Waals surface area contributed by atoms with Crippen molar-refractivity contribution in [2.24, 2.45) is 0 Å². The topological polar surface area (TPSA) is 105 Å². The summed E-state index contributed by atoms with van der Waals surface area (Å²) in [6.07, 6.45) is 1.53. The third-order valence-corrected chi connectivity index (χ3v) is 5.70. The molecule has 9 heteroatoms. The number of esters is 1.